The first-order chi connectivity index (χ1) is 9.11. The fraction of sp³-hybridized carbons (Fsp3) is 0.267. The van der Waals surface area contributed by atoms with Crippen molar-refractivity contribution in [2.24, 2.45) is 5.73 Å². The van der Waals surface area contributed by atoms with E-state index in [1.807, 2.05) is 19.3 Å². The maximum Gasteiger partial charge on any atom is 0.143 e. The summed E-state index contributed by atoms with van der Waals surface area (Å²) in [7, 11) is 2.05. The third-order valence-electron chi connectivity index (χ3n) is 3.10. The molecule has 0 unspecified atom stereocenters. The lowest BCUT2D eigenvalue weighted by atomic mass is 10.1. The number of hydrogen-bond acceptors (Lipinski definition) is 3. The minimum Gasteiger partial charge on any atom is -0.354 e. The predicted octanol–water partition coefficient (Wildman–Crippen LogP) is 3.25. The largest absolute Gasteiger partial charge is 0.354 e. The number of hydrogen-bond donors (Lipinski definition) is 1. The van der Waals surface area contributed by atoms with Crippen LogP contribution in [0.25, 0.3) is 0 Å². The Morgan fingerprint density at radius 3 is 2.42 bits per heavy atom. The van der Waals surface area contributed by atoms with Crippen LogP contribution in [0.15, 0.2) is 41.0 Å². The van der Waals surface area contributed by atoms with Crippen LogP contribution in [0, 0.1) is 6.92 Å². The molecule has 0 spiro atoms. The van der Waals surface area contributed by atoms with E-state index in [-0.39, 0.29) is 0 Å². The van der Waals surface area contributed by atoms with Crippen LogP contribution in [0.4, 0.5) is 5.82 Å². The molecule has 2 rings (SSSR count). The van der Waals surface area contributed by atoms with Gasteiger partial charge in [-0.15, -0.1) is 0 Å². The van der Waals surface area contributed by atoms with Crippen molar-refractivity contribution in [2.45, 2.75) is 20.0 Å². The predicted molar refractivity (Wildman–Crippen MR) is 83.1 cm³/mol. The highest BCUT2D eigenvalue weighted by atomic mass is 79.9. The number of anilines is 1. The van der Waals surface area contributed by atoms with Crippen molar-refractivity contribution in [2.75, 3.05) is 11.9 Å². The molecule has 1 aromatic carbocycles. The van der Waals surface area contributed by atoms with Gasteiger partial charge in [0.1, 0.15) is 5.82 Å². The maximum atomic E-state index is 5.60. The van der Waals surface area contributed by atoms with Crippen molar-refractivity contribution in [3.05, 3.63) is 57.7 Å². The summed E-state index contributed by atoms with van der Waals surface area (Å²) in [5.41, 5.74) is 9.19. The van der Waals surface area contributed by atoms with Gasteiger partial charge in [0.2, 0.25) is 0 Å². The number of aryl methyl sites for hydroxylation is 1. The van der Waals surface area contributed by atoms with Gasteiger partial charge in [-0.2, -0.15) is 0 Å². The number of nitrogens with zero attached hydrogens (tertiary/aromatic N) is 2. The molecule has 0 aliphatic rings. The zero-order chi connectivity index (χ0) is 13.8. The quantitative estimate of drug-likeness (QED) is 0.940. The van der Waals surface area contributed by atoms with E-state index in [1.54, 1.807) is 0 Å². The molecular weight excluding hydrogens is 302 g/mol. The zero-order valence-electron chi connectivity index (χ0n) is 11.2. The highest BCUT2D eigenvalue weighted by Gasteiger charge is 2.09. The van der Waals surface area contributed by atoms with Crippen molar-refractivity contribution in [3.63, 3.8) is 0 Å². The normalized spacial score (nSPS) is 10.5. The van der Waals surface area contributed by atoms with Crippen molar-refractivity contribution >= 4 is 21.7 Å². The second-order valence-electron chi connectivity index (χ2n) is 4.64. The second kappa shape index (κ2) is 6.17. The van der Waals surface area contributed by atoms with Crippen LogP contribution in [0.3, 0.4) is 0 Å². The molecule has 0 atom stereocenters. The molecule has 0 aliphatic carbocycles. The molecular formula is C15H18BrN3. The lowest BCUT2D eigenvalue weighted by molar-refractivity contribution is 0.890. The van der Waals surface area contributed by atoms with Crippen molar-refractivity contribution in [1.29, 1.82) is 0 Å². The molecule has 0 saturated carbocycles. The molecule has 100 valence electrons. The summed E-state index contributed by atoms with van der Waals surface area (Å²) in [6, 6.07) is 10.4. The van der Waals surface area contributed by atoms with Crippen molar-refractivity contribution < 1.29 is 0 Å². The van der Waals surface area contributed by atoms with Crippen LogP contribution in [0.1, 0.15) is 16.7 Å². The van der Waals surface area contributed by atoms with Crippen LogP contribution in [-0.2, 0) is 13.1 Å². The topological polar surface area (TPSA) is 42.2 Å². The van der Waals surface area contributed by atoms with E-state index in [0.29, 0.717) is 6.54 Å². The minimum atomic E-state index is 0.584. The van der Waals surface area contributed by atoms with E-state index >= 15 is 0 Å². The molecule has 0 saturated heterocycles. The number of halogens is 1. The van der Waals surface area contributed by atoms with Gasteiger partial charge in [-0.3, -0.25) is 0 Å². The summed E-state index contributed by atoms with van der Waals surface area (Å²) in [5, 5.41) is 0. The van der Waals surface area contributed by atoms with Crippen LogP contribution in [0.2, 0.25) is 0 Å². The Balaban J connectivity index is 2.15. The average molecular weight is 320 g/mol. The Morgan fingerprint density at radius 2 is 1.79 bits per heavy atom. The SMILES string of the molecule is Cc1ccnc(N(C)Cc2ccc(CN)cc2)c1Br. The summed E-state index contributed by atoms with van der Waals surface area (Å²) in [6.07, 6.45) is 1.84. The zero-order valence-corrected chi connectivity index (χ0v) is 12.8. The molecule has 19 heavy (non-hydrogen) atoms. The van der Waals surface area contributed by atoms with Gasteiger partial charge >= 0.3 is 0 Å². The van der Waals surface area contributed by atoms with Gasteiger partial charge in [0, 0.05) is 26.3 Å². The summed E-state index contributed by atoms with van der Waals surface area (Å²) in [4.78, 5) is 6.56. The Hall–Kier alpha value is -1.39. The highest BCUT2D eigenvalue weighted by Crippen LogP contribution is 2.26. The van der Waals surface area contributed by atoms with E-state index in [0.717, 1.165) is 22.4 Å². The number of pyridine rings is 1. The van der Waals surface area contributed by atoms with Gasteiger partial charge < -0.3 is 10.6 Å². The van der Waals surface area contributed by atoms with E-state index in [1.165, 1.54) is 11.1 Å². The molecule has 1 heterocycles. The Labute approximate surface area is 122 Å². The van der Waals surface area contributed by atoms with E-state index in [2.05, 4.69) is 57.0 Å². The monoisotopic (exact) mass is 319 g/mol. The summed E-state index contributed by atoms with van der Waals surface area (Å²) in [5.74, 6) is 0.961. The fourth-order valence-electron chi connectivity index (χ4n) is 1.92. The molecule has 0 bridgehead atoms. The highest BCUT2D eigenvalue weighted by molar-refractivity contribution is 9.10. The molecule has 0 fully saturated rings. The first-order valence-electron chi connectivity index (χ1n) is 6.22. The molecule has 3 nitrogen and oxygen atoms in total. The second-order valence-corrected chi connectivity index (χ2v) is 5.44. The summed E-state index contributed by atoms with van der Waals surface area (Å²) in [6.45, 7) is 3.47. The molecule has 0 radical (unpaired) electrons. The molecule has 0 aliphatic heterocycles. The Bertz CT molecular complexity index is 552. The number of benzene rings is 1. The number of rotatable bonds is 4. The maximum absolute atomic E-state index is 5.60. The van der Waals surface area contributed by atoms with Gasteiger partial charge in [0.25, 0.3) is 0 Å². The first kappa shape index (κ1) is 14.0. The van der Waals surface area contributed by atoms with Gasteiger partial charge in [0.15, 0.2) is 0 Å². The van der Waals surface area contributed by atoms with Crippen molar-refractivity contribution in [1.82, 2.24) is 4.98 Å². The molecule has 2 aromatic rings. The van der Waals surface area contributed by atoms with Crippen molar-refractivity contribution in [3.8, 4) is 0 Å². The first-order valence-corrected chi connectivity index (χ1v) is 7.01. The molecule has 4 heteroatoms. The average Bonchev–Trinajstić information content (AvgIpc) is 2.42. The summed E-state index contributed by atoms with van der Waals surface area (Å²) >= 11 is 3.60. The van der Waals surface area contributed by atoms with Gasteiger partial charge in [-0.05, 0) is 45.6 Å². The number of nitrogens with two attached hydrogens (primary N) is 1. The fourth-order valence-corrected chi connectivity index (χ4v) is 2.46. The molecule has 2 N–H and O–H groups in total. The third-order valence-corrected chi connectivity index (χ3v) is 4.08. The van der Waals surface area contributed by atoms with Crippen LogP contribution < -0.4 is 10.6 Å². The van der Waals surface area contributed by atoms with E-state index in [4.69, 9.17) is 5.73 Å². The third kappa shape index (κ3) is 3.33. The number of aromatic nitrogens is 1. The summed E-state index contributed by atoms with van der Waals surface area (Å²) < 4.78 is 1.05. The standard InChI is InChI=1S/C15H18BrN3/c1-11-7-8-18-15(14(11)16)19(2)10-13-5-3-12(9-17)4-6-13/h3-8H,9-10,17H2,1-2H3. The Morgan fingerprint density at radius 1 is 1.16 bits per heavy atom. The molecule has 1 aromatic heterocycles. The van der Waals surface area contributed by atoms with Gasteiger partial charge in [-0.25, -0.2) is 4.98 Å². The van der Waals surface area contributed by atoms with Crippen LogP contribution in [0.5, 0.6) is 0 Å². The van der Waals surface area contributed by atoms with E-state index < -0.39 is 0 Å². The molecule has 0 amide bonds. The lowest BCUT2D eigenvalue weighted by Crippen LogP contribution is -2.18. The van der Waals surface area contributed by atoms with Gasteiger partial charge in [0.05, 0.1) is 4.47 Å². The van der Waals surface area contributed by atoms with Crippen LogP contribution in [-0.4, -0.2) is 12.0 Å². The Kier molecular flexibility index (Phi) is 4.56. The smallest absolute Gasteiger partial charge is 0.143 e. The van der Waals surface area contributed by atoms with Gasteiger partial charge in [-0.1, -0.05) is 24.3 Å². The minimum absolute atomic E-state index is 0.584. The van der Waals surface area contributed by atoms with E-state index in [9.17, 15) is 0 Å². The lowest BCUT2D eigenvalue weighted by Gasteiger charge is -2.20. The van der Waals surface area contributed by atoms with Crippen LogP contribution >= 0.6 is 15.9 Å².